The Morgan fingerprint density at radius 1 is 1.17 bits per heavy atom. The number of anilines is 1. The zero-order valence-corrected chi connectivity index (χ0v) is 17.4. The Balaban J connectivity index is 1.89. The summed E-state index contributed by atoms with van der Waals surface area (Å²) < 4.78 is 5.92. The lowest BCUT2D eigenvalue weighted by Crippen LogP contribution is -2.27. The summed E-state index contributed by atoms with van der Waals surface area (Å²) >= 11 is 6.44. The van der Waals surface area contributed by atoms with Gasteiger partial charge in [0.05, 0.1) is 16.2 Å². The van der Waals surface area contributed by atoms with Crippen molar-refractivity contribution < 1.29 is 29.3 Å². The number of carboxylic acid groups (broad SMARTS) is 2. The highest BCUT2D eigenvalue weighted by Gasteiger charge is 2.33. The third-order valence-corrected chi connectivity index (χ3v) is 5.59. The Morgan fingerprint density at radius 2 is 1.83 bits per heavy atom. The summed E-state index contributed by atoms with van der Waals surface area (Å²) in [5, 5.41) is 18.3. The molecular formula is C21H17NO6S2. The number of thioether (sulfide) groups is 1. The molecule has 1 amide bonds. The molecule has 1 aliphatic heterocycles. The average Bonchev–Trinajstić information content (AvgIpc) is 3.00. The van der Waals surface area contributed by atoms with Crippen molar-refractivity contribution in [2.75, 3.05) is 4.90 Å². The number of rotatable bonds is 7. The number of para-hydroxylation sites is 1. The molecule has 1 aliphatic rings. The van der Waals surface area contributed by atoms with Crippen molar-refractivity contribution in [1.82, 2.24) is 0 Å². The number of benzene rings is 2. The largest absolute Gasteiger partial charge is 0.479 e. The second-order valence-corrected chi connectivity index (χ2v) is 7.94. The molecule has 1 unspecified atom stereocenters. The van der Waals surface area contributed by atoms with Crippen LogP contribution in [0.3, 0.4) is 0 Å². The number of carbonyl (C=O) groups is 3. The van der Waals surface area contributed by atoms with Gasteiger partial charge >= 0.3 is 11.9 Å². The SMILES string of the molecule is CCC(Oc1ccccc1/C=C1\SC(=S)N(c2ccc(C(=O)O)cc2)C1=O)C(=O)O. The van der Waals surface area contributed by atoms with Crippen LogP contribution in [-0.2, 0) is 9.59 Å². The second-order valence-electron chi connectivity index (χ2n) is 6.26. The van der Waals surface area contributed by atoms with E-state index in [0.717, 1.165) is 11.8 Å². The van der Waals surface area contributed by atoms with Gasteiger partial charge in [0, 0.05) is 5.56 Å². The average molecular weight is 444 g/mol. The number of ether oxygens (including phenoxy) is 1. The Bertz CT molecular complexity index is 1050. The molecule has 7 nitrogen and oxygen atoms in total. The van der Waals surface area contributed by atoms with Crippen LogP contribution in [0.25, 0.3) is 6.08 Å². The molecule has 0 aromatic heterocycles. The van der Waals surface area contributed by atoms with Crippen molar-refractivity contribution >= 4 is 57.9 Å². The molecule has 2 N–H and O–H groups in total. The van der Waals surface area contributed by atoms with Gasteiger partial charge in [-0.2, -0.15) is 0 Å². The number of carbonyl (C=O) groups excluding carboxylic acids is 1. The first-order valence-corrected chi connectivity index (χ1v) is 10.1. The number of hydrogen-bond donors (Lipinski definition) is 2. The quantitative estimate of drug-likeness (QED) is 0.488. The van der Waals surface area contributed by atoms with Gasteiger partial charge in [-0.25, -0.2) is 9.59 Å². The van der Waals surface area contributed by atoms with Crippen molar-refractivity contribution in [1.29, 1.82) is 0 Å². The zero-order valence-electron chi connectivity index (χ0n) is 15.8. The molecule has 0 aliphatic carbocycles. The molecule has 2 aromatic rings. The number of aliphatic carboxylic acids is 1. The molecule has 154 valence electrons. The Labute approximate surface area is 182 Å². The molecule has 1 saturated heterocycles. The van der Waals surface area contributed by atoms with Gasteiger partial charge in [0.15, 0.2) is 10.4 Å². The maximum Gasteiger partial charge on any atom is 0.344 e. The molecule has 2 aromatic carbocycles. The Kier molecular flexibility index (Phi) is 6.53. The van der Waals surface area contributed by atoms with Crippen LogP contribution >= 0.6 is 24.0 Å². The lowest BCUT2D eigenvalue weighted by Gasteiger charge is -2.15. The first-order chi connectivity index (χ1) is 14.3. The predicted octanol–water partition coefficient (Wildman–Crippen LogP) is 4.03. The topological polar surface area (TPSA) is 104 Å². The van der Waals surface area contributed by atoms with E-state index in [1.165, 1.54) is 29.2 Å². The van der Waals surface area contributed by atoms with Crippen molar-refractivity contribution in [3.63, 3.8) is 0 Å². The van der Waals surface area contributed by atoms with Crippen LogP contribution in [-0.4, -0.2) is 38.5 Å². The van der Waals surface area contributed by atoms with Crippen LogP contribution in [0.1, 0.15) is 29.3 Å². The maximum absolute atomic E-state index is 12.9. The van der Waals surface area contributed by atoms with Crippen molar-refractivity contribution in [3.05, 3.63) is 64.6 Å². The van der Waals surface area contributed by atoms with Gasteiger partial charge in [-0.3, -0.25) is 9.69 Å². The molecule has 0 radical (unpaired) electrons. The minimum atomic E-state index is -1.07. The second kappa shape index (κ2) is 9.10. The minimum absolute atomic E-state index is 0.106. The van der Waals surface area contributed by atoms with Crippen LogP contribution in [0.5, 0.6) is 5.75 Å². The van der Waals surface area contributed by atoms with E-state index in [1.807, 2.05) is 0 Å². The van der Waals surface area contributed by atoms with E-state index in [0.29, 0.717) is 26.2 Å². The van der Waals surface area contributed by atoms with E-state index >= 15 is 0 Å². The lowest BCUT2D eigenvalue weighted by molar-refractivity contribution is -0.145. The highest BCUT2D eigenvalue weighted by atomic mass is 32.2. The number of aromatic carboxylic acids is 1. The molecule has 1 atom stereocenters. The monoisotopic (exact) mass is 443 g/mol. The normalized spacial score (nSPS) is 16.0. The van der Waals surface area contributed by atoms with E-state index < -0.39 is 18.0 Å². The first-order valence-electron chi connectivity index (χ1n) is 8.91. The molecule has 0 bridgehead atoms. The molecule has 3 rings (SSSR count). The fourth-order valence-electron chi connectivity index (χ4n) is 2.75. The van der Waals surface area contributed by atoms with Gasteiger partial charge in [-0.05, 0) is 42.8 Å². The molecule has 9 heteroatoms. The van der Waals surface area contributed by atoms with E-state index in [2.05, 4.69) is 0 Å². The van der Waals surface area contributed by atoms with Crippen molar-refractivity contribution in [2.24, 2.45) is 0 Å². The number of thiocarbonyl (C=S) groups is 1. The standard InChI is InChI=1S/C21H17NO6S2/c1-2-15(20(26)27)28-16-6-4-3-5-13(16)11-17-18(23)22(21(29)30-17)14-9-7-12(8-10-14)19(24)25/h3-11,15H,2H2,1H3,(H,24,25)(H,26,27)/b17-11-. The van der Waals surface area contributed by atoms with Gasteiger partial charge in [0.2, 0.25) is 0 Å². The number of amides is 1. The molecule has 0 saturated carbocycles. The summed E-state index contributed by atoms with van der Waals surface area (Å²) in [7, 11) is 0. The Morgan fingerprint density at radius 3 is 2.43 bits per heavy atom. The van der Waals surface area contributed by atoms with Crippen LogP contribution in [0.15, 0.2) is 53.4 Å². The molecular weight excluding hydrogens is 426 g/mol. The highest BCUT2D eigenvalue weighted by molar-refractivity contribution is 8.27. The lowest BCUT2D eigenvalue weighted by atomic mass is 10.1. The van der Waals surface area contributed by atoms with E-state index in [4.69, 9.17) is 22.1 Å². The number of hydrogen-bond acceptors (Lipinski definition) is 6. The smallest absolute Gasteiger partial charge is 0.344 e. The van der Waals surface area contributed by atoms with E-state index in [-0.39, 0.29) is 17.9 Å². The molecule has 30 heavy (non-hydrogen) atoms. The summed E-state index contributed by atoms with van der Waals surface area (Å²) in [4.78, 5) is 36.9. The van der Waals surface area contributed by atoms with Crippen LogP contribution < -0.4 is 9.64 Å². The fraction of sp³-hybridized carbons (Fsp3) is 0.143. The summed E-state index contributed by atoms with van der Waals surface area (Å²) in [6.07, 6.45) is 0.897. The molecule has 0 spiro atoms. The van der Waals surface area contributed by atoms with Gasteiger partial charge < -0.3 is 14.9 Å². The van der Waals surface area contributed by atoms with Crippen LogP contribution in [0.4, 0.5) is 5.69 Å². The minimum Gasteiger partial charge on any atom is -0.479 e. The van der Waals surface area contributed by atoms with E-state index in [1.54, 1.807) is 37.3 Å². The van der Waals surface area contributed by atoms with E-state index in [9.17, 15) is 19.5 Å². The summed E-state index contributed by atoms with van der Waals surface area (Å²) in [5.41, 5.74) is 1.13. The number of carboxylic acids is 2. The third kappa shape index (κ3) is 4.52. The summed E-state index contributed by atoms with van der Waals surface area (Å²) in [6, 6.07) is 12.7. The van der Waals surface area contributed by atoms with Gasteiger partial charge in [0.25, 0.3) is 5.91 Å². The van der Waals surface area contributed by atoms with Crippen molar-refractivity contribution in [3.8, 4) is 5.75 Å². The highest BCUT2D eigenvalue weighted by Crippen LogP contribution is 2.37. The van der Waals surface area contributed by atoms with Crippen molar-refractivity contribution in [2.45, 2.75) is 19.4 Å². The molecule has 1 fully saturated rings. The summed E-state index contributed by atoms with van der Waals surface area (Å²) in [6.45, 7) is 1.71. The fourth-order valence-corrected chi connectivity index (χ4v) is 4.04. The number of nitrogens with zero attached hydrogens (tertiary/aromatic N) is 1. The zero-order chi connectivity index (χ0) is 21.8. The first kappa shape index (κ1) is 21.5. The summed E-state index contributed by atoms with van der Waals surface area (Å²) in [5.74, 6) is -2.13. The van der Waals surface area contributed by atoms with Crippen LogP contribution in [0, 0.1) is 0 Å². The predicted molar refractivity (Wildman–Crippen MR) is 118 cm³/mol. The van der Waals surface area contributed by atoms with Gasteiger partial charge in [-0.1, -0.05) is 49.1 Å². The molecule has 1 heterocycles. The third-order valence-electron chi connectivity index (χ3n) is 4.29. The maximum atomic E-state index is 12.9. The van der Waals surface area contributed by atoms with Gasteiger partial charge in [0.1, 0.15) is 5.75 Å². The Hall–Kier alpha value is -3.17. The van der Waals surface area contributed by atoms with Gasteiger partial charge in [-0.15, -0.1) is 0 Å². The van der Waals surface area contributed by atoms with Crippen LogP contribution in [0.2, 0.25) is 0 Å².